The van der Waals surface area contributed by atoms with Crippen LogP contribution in [0.5, 0.6) is 0 Å². The minimum absolute atomic E-state index is 0.0254. The first-order valence-electron chi connectivity index (χ1n) is 9.01. The van der Waals surface area contributed by atoms with Crippen LogP contribution < -0.4 is 15.5 Å². The molecule has 25 heavy (non-hydrogen) atoms. The third-order valence-electron chi connectivity index (χ3n) is 4.59. The number of hydrogen-bond donors (Lipinski definition) is 2. The van der Waals surface area contributed by atoms with Gasteiger partial charge in [-0.05, 0) is 49.4 Å². The van der Waals surface area contributed by atoms with Crippen molar-refractivity contribution in [3.8, 4) is 0 Å². The number of amides is 2. The van der Waals surface area contributed by atoms with Crippen LogP contribution in [0.3, 0.4) is 0 Å². The third kappa shape index (κ3) is 4.95. The molecule has 1 unspecified atom stereocenters. The highest BCUT2D eigenvalue weighted by Gasteiger charge is 2.13. The number of nitrogens with zero attached hydrogens (tertiary/aromatic N) is 2. The molecule has 1 atom stereocenters. The summed E-state index contributed by atoms with van der Waals surface area (Å²) in [5.41, 5.74) is 2.16. The summed E-state index contributed by atoms with van der Waals surface area (Å²) in [6, 6.07) is 13.8. The standard InChI is InChI=1S/C20H26N4O/c1-16(18-8-4-2-5-9-18)23-20(25)22-15-17-10-11-21-19(14-17)24-12-6-3-7-13-24/h2,4-5,8-11,14,16H,3,6-7,12-13,15H2,1H3,(H2,22,23,25). The van der Waals surface area contributed by atoms with Crippen molar-refractivity contribution >= 4 is 11.8 Å². The number of hydrogen-bond acceptors (Lipinski definition) is 3. The van der Waals surface area contributed by atoms with Crippen LogP contribution in [-0.2, 0) is 6.54 Å². The highest BCUT2D eigenvalue weighted by atomic mass is 16.2. The molecule has 0 radical (unpaired) electrons. The molecule has 1 aliphatic heterocycles. The van der Waals surface area contributed by atoms with Crippen LogP contribution >= 0.6 is 0 Å². The molecule has 1 saturated heterocycles. The molecule has 0 aliphatic carbocycles. The highest BCUT2D eigenvalue weighted by molar-refractivity contribution is 5.74. The van der Waals surface area contributed by atoms with Gasteiger partial charge >= 0.3 is 6.03 Å². The number of nitrogens with one attached hydrogen (secondary N) is 2. The molecule has 2 aromatic rings. The van der Waals surface area contributed by atoms with Gasteiger partial charge in [-0.3, -0.25) is 0 Å². The summed E-state index contributed by atoms with van der Waals surface area (Å²) in [6.07, 6.45) is 5.58. The van der Waals surface area contributed by atoms with E-state index in [0.717, 1.165) is 30.0 Å². The van der Waals surface area contributed by atoms with Crippen molar-refractivity contribution in [2.24, 2.45) is 0 Å². The maximum Gasteiger partial charge on any atom is 0.315 e. The first-order chi connectivity index (χ1) is 12.2. The lowest BCUT2D eigenvalue weighted by Crippen LogP contribution is -2.36. The molecule has 132 valence electrons. The van der Waals surface area contributed by atoms with Crippen molar-refractivity contribution in [3.05, 3.63) is 59.8 Å². The summed E-state index contributed by atoms with van der Waals surface area (Å²) >= 11 is 0. The largest absolute Gasteiger partial charge is 0.357 e. The Balaban J connectivity index is 1.52. The van der Waals surface area contributed by atoms with Crippen LogP contribution in [0.15, 0.2) is 48.7 Å². The van der Waals surface area contributed by atoms with E-state index in [4.69, 9.17) is 0 Å². The fourth-order valence-corrected chi connectivity index (χ4v) is 3.12. The van der Waals surface area contributed by atoms with Crippen molar-refractivity contribution < 1.29 is 4.79 Å². The molecule has 0 saturated carbocycles. The van der Waals surface area contributed by atoms with Crippen molar-refractivity contribution in [2.75, 3.05) is 18.0 Å². The molecule has 3 rings (SSSR count). The molecule has 2 heterocycles. The van der Waals surface area contributed by atoms with Gasteiger partial charge in [0.2, 0.25) is 0 Å². The Labute approximate surface area is 149 Å². The van der Waals surface area contributed by atoms with E-state index in [1.807, 2.05) is 49.5 Å². The van der Waals surface area contributed by atoms with Gasteiger partial charge in [0.05, 0.1) is 6.04 Å². The van der Waals surface area contributed by atoms with Gasteiger partial charge < -0.3 is 15.5 Å². The van der Waals surface area contributed by atoms with E-state index in [0.29, 0.717) is 6.54 Å². The molecular weight excluding hydrogens is 312 g/mol. The number of rotatable bonds is 5. The number of benzene rings is 1. The molecule has 1 aliphatic rings. The first-order valence-corrected chi connectivity index (χ1v) is 9.01. The molecule has 1 aromatic heterocycles. The van der Waals surface area contributed by atoms with Crippen molar-refractivity contribution in [3.63, 3.8) is 0 Å². The first kappa shape index (κ1) is 17.3. The SMILES string of the molecule is CC(NC(=O)NCc1ccnc(N2CCCCC2)c1)c1ccccc1. The minimum Gasteiger partial charge on any atom is -0.357 e. The molecule has 2 N–H and O–H groups in total. The zero-order chi connectivity index (χ0) is 17.5. The third-order valence-corrected chi connectivity index (χ3v) is 4.59. The van der Waals surface area contributed by atoms with Crippen LogP contribution in [0.25, 0.3) is 0 Å². The Morgan fingerprint density at radius 2 is 1.92 bits per heavy atom. The van der Waals surface area contributed by atoms with Crippen molar-refractivity contribution in [1.82, 2.24) is 15.6 Å². The zero-order valence-electron chi connectivity index (χ0n) is 14.7. The van der Waals surface area contributed by atoms with Gasteiger partial charge in [-0.25, -0.2) is 9.78 Å². The van der Waals surface area contributed by atoms with Crippen LogP contribution in [0, 0.1) is 0 Å². The summed E-state index contributed by atoms with van der Waals surface area (Å²) in [5.74, 6) is 1.01. The van der Waals surface area contributed by atoms with E-state index in [2.05, 4.69) is 26.6 Å². The molecule has 5 nitrogen and oxygen atoms in total. The van der Waals surface area contributed by atoms with Gasteiger partial charge in [-0.15, -0.1) is 0 Å². The van der Waals surface area contributed by atoms with Gasteiger partial charge in [-0.1, -0.05) is 30.3 Å². The number of pyridine rings is 1. The number of anilines is 1. The van der Waals surface area contributed by atoms with E-state index in [-0.39, 0.29) is 12.1 Å². The number of aromatic nitrogens is 1. The van der Waals surface area contributed by atoms with E-state index >= 15 is 0 Å². The predicted octanol–water partition coefficient (Wildman–Crippen LogP) is 3.63. The Morgan fingerprint density at radius 1 is 1.16 bits per heavy atom. The monoisotopic (exact) mass is 338 g/mol. The number of carbonyl (C=O) groups excluding carboxylic acids is 1. The quantitative estimate of drug-likeness (QED) is 0.875. The van der Waals surface area contributed by atoms with Crippen LogP contribution in [-0.4, -0.2) is 24.1 Å². The molecule has 2 amide bonds. The van der Waals surface area contributed by atoms with Crippen molar-refractivity contribution in [1.29, 1.82) is 0 Å². The van der Waals surface area contributed by atoms with Crippen LogP contribution in [0.1, 0.15) is 43.4 Å². The maximum atomic E-state index is 12.1. The van der Waals surface area contributed by atoms with Gasteiger partial charge in [-0.2, -0.15) is 0 Å². The van der Waals surface area contributed by atoms with Crippen molar-refractivity contribution in [2.45, 2.75) is 38.8 Å². The fraction of sp³-hybridized carbons (Fsp3) is 0.400. The summed E-state index contributed by atoms with van der Waals surface area (Å²) < 4.78 is 0. The second-order valence-corrected chi connectivity index (χ2v) is 6.53. The van der Waals surface area contributed by atoms with Crippen LogP contribution in [0.4, 0.5) is 10.6 Å². The minimum atomic E-state index is -0.160. The topological polar surface area (TPSA) is 57.3 Å². The van der Waals surface area contributed by atoms with E-state index in [1.54, 1.807) is 0 Å². The Kier molecular flexibility index (Phi) is 5.88. The van der Waals surface area contributed by atoms with Gasteiger partial charge in [0.15, 0.2) is 0 Å². The summed E-state index contributed by atoms with van der Waals surface area (Å²) in [4.78, 5) is 18.9. The molecule has 0 bridgehead atoms. The Bertz CT molecular complexity index is 683. The molecule has 0 spiro atoms. The number of urea groups is 1. The predicted molar refractivity (Wildman–Crippen MR) is 101 cm³/mol. The number of piperidine rings is 1. The lowest BCUT2D eigenvalue weighted by molar-refractivity contribution is 0.237. The normalized spacial score (nSPS) is 15.5. The molecular formula is C20H26N4O. The maximum absolute atomic E-state index is 12.1. The van der Waals surface area contributed by atoms with Gasteiger partial charge in [0.25, 0.3) is 0 Å². The second kappa shape index (κ2) is 8.51. The summed E-state index contributed by atoms with van der Waals surface area (Å²) in [6.45, 7) is 4.62. The highest BCUT2D eigenvalue weighted by Crippen LogP contribution is 2.18. The summed E-state index contributed by atoms with van der Waals surface area (Å²) in [7, 11) is 0. The van der Waals surface area contributed by atoms with Gasteiger partial charge in [0.1, 0.15) is 5.82 Å². The Morgan fingerprint density at radius 3 is 2.68 bits per heavy atom. The zero-order valence-corrected chi connectivity index (χ0v) is 14.7. The molecule has 5 heteroatoms. The Hall–Kier alpha value is -2.56. The van der Waals surface area contributed by atoms with E-state index in [1.165, 1.54) is 19.3 Å². The lowest BCUT2D eigenvalue weighted by Gasteiger charge is -2.28. The fourth-order valence-electron chi connectivity index (χ4n) is 3.12. The average molecular weight is 338 g/mol. The molecule has 1 aromatic carbocycles. The van der Waals surface area contributed by atoms with Crippen LogP contribution in [0.2, 0.25) is 0 Å². The lowest BCUT2D eigenvalue weighted by atomic mass is 10.1. The molecule has 1 fully saturated rings. The van der Waals surface area contributed by atoms with E-state index in [9.17, 15) is 4.79 Å². The van der Waals surface area contributed by atoms with Gasteiger partial charge in [0, 0.05) is 25.8 Å². The smallest absolute Gasteiger partial charge is 0.315 e. The number of carbonyl (C=O) groups is 1. The average Bonchev–Trinajstić information content (AvgIpc) is 2.68. The van der Waals surface area contributed by atoms with E-state index < -0.39 is 0 Å². The summed E-state index contributed by atoms with van der Waals surface area (Å²) in [5, 5.41) is 5.90. The second-order valence-electron chi connectivity index (χ2n) is 6.53.